The van der Waals surface area contributed by atoms with Crippen LogP contribution in [-0.2, 0) is 0 Å². The van der Waals surface area contributed by atoms with Gasteiger partial charge in [-0.2, -0.15) is 0 Å². The van der Waals surface area contributed by atoms with Crippen molar-refractivity contribution in [1.82, 2.24) is 9.88 Å². The smallest absolute Gasteiger partial charge is 0.255 e. The minimum atomic E-state index is 0.00574. The topological polar surface area (TPSA) is 45.2 Å². The molecule has 1 N–H and O–H groups in total. The van der Waals surface area contributed by atoms with Crippen LogP contribution in [0.5, 0.6) is 0 Å². The number of carbonyl (C=O) groups is 1. The molecule has 1 aromatic heterocycles. The fourth-order valence-corrected chi connectivity index (χ4v) is 3.31. The molecule has 0 bridgehead atoms. The second-order valence-corrected chi connectivity index (χ2v) is 6.24. The number of halogens is 1. The highest BCUT2D eigenvalue weighted by atomic mass is 35.5. The Balaban J connectivity index is 2.13. The van der Waals surface area contributed by atoms with Gasteiger partial charge in [-0.1, -0.05) is 31.4 Å². The van der Waals surface area contributed by atoms with Gasteiger partial charge in [0.25, 0.3) is 5.91 Å². The van der Waals surface area contributed by atoms with E-state index in [-0.39, 0.29) is 5.91 Å². The maximum absolute atomic E-state index is 12.6. The quantitative estimate of drug-likeness (QED) is 0.919. The predicted octanol–water partition coefficient (Wildman–Crippen LogP) is 3.82. The molecule has 5 heteroatoms. The number of nitrogens with zero attached hydrogens (tertiary/aromatic N) is 2. The van der Waals surface area contributed by atoms with Gasteiger partial charge in [0, 0.05) is 25.8 Å². The van der Waals surface area contributed by atoms with E-state index in [2.05, 4.69) is 17.2 Å². The van der Waals surface area contributed by atoms with E-state index >= 15 is 0 Å². The van der Waals surface area contributed by atoms with Crippen molar-refractivity contribution < 1.29 is 4.79 Å². The highest BCUT2D eigenvalue weighted by Gasteiger charge is 2.28. The summed E-state index contributed by atoms with van der Waals surface area (Å²) in [6.07, 6.45) is 6.35. The van der Waals surface area contributed by atoms with Crippen molar-refractivity contribution in [1.29, 1.82) is 0 Å². The maximum atomic E-state index is 12.6. The van der Waals surface area contributed by atoms with Crippen LogP contribution in [0.15, 0.2) is 12.3 Å². The van der Waals surface area contributed by atoms with E-state index in [4.69, 9.17) is 11.6 Å². The highest BCUT2D eigenvalue weighted by molar-refractivity contribution is 6.33. The molecule has 1 amide bonds. The Kier molecular flexibility index (Phi) is 5.45. The molecule has 21 heavy (non-hydrogen) atoms. The second kappa shape index (κ2) is 7.12. The lowest BCUT2D eigenvalue weighted by atomic mass is 9.85. The molecule has 1 aromatic rings. The summed E-state index contributed by atoms with van der Waals surface area (Å²) in [5.41, 5.74) is 0.557. The Morgan fingerprint density at radius 2 is 2.19 bits per heavy atom. The third kappa shape index (κ3) is 3.67. The number of aromatic nitrogens is 1. The first kappa shape index (κ1) is 16.1. The summed E-state index contributed by atoms with van der Waals surface area (Å²) in [4.78, 5) is 18.7. The van der Waals surface area contributed by atoms with Gasteiger partial charge < -0.3 is 10.2 Å². The second-order valence-electron chi connectivity index (χ2n) is 5.83. The molecule has 4 nitrogen and oxygen atoms in total. The number of carbonyl (C=O) groups excluding carboxylic acids is 1. The molecular weight excluding hydrogens is 286 g/mol. The van der Waals surface area contributed by atoms with Gasteiger partial charge in [0.15, 0.2) is 0 Å². The lowest BCUT2D eigenvalue weighted by Crippen LogP contribution is -2.42. The van der Waals surface area contributed by atoms with Crippen molar-refractivity contribution in [3.8, 4) is 0 Å². The third-order valence-corrected chi connectivity index (χ3v) is 4.60. The first-order chi connectivity index (χ1) is 10.0. The van der Waals surface area contributed by atoms with Crippen LogP contribution >= 0.6 is 11.6 Å². The molecule has 2 rings (SSSR count). The fraction of sp³-hybridized carbons (Fsp3) is 0.625. The Hall–Kier alpha value is -1.29. The van der Waals surface area contributed by atoms with Gasteiger partial charge >= 0.3 is 0 Å². The van der Waals surface area contributed by atoms with Gasteiger partial charge in [-0.25, -0.2) is 4.98 Å². The Bertz CT molecular complexity index is 506. The summed E-state index contributed by atoms with van der Waals surface area (Å²) >= 11 is 6.18. The monoisotopic (exact) mass is 309 g/mol. The number of rotatable bonds is 4. The van der Waals surface area contributed by atoms with Gasteiger partial charge in [0.05, 0.1) is 10.6 Å². The Morgan fingerprint density at radius 3 is 2.81 bits per heavy atom. The zero-order valence-electron chi connectivity index (χ0n) is 13.0. The van der Waals surface area contributed by atoms with Crippen LogP contribution in [0.3, 0.4) is 0 Å². The minimum Gasteiger partial charge on any atom is -0.369 e. The lowest BCUT2D eigenvalue weighted by Gasteiger charge is -2.36. The van der Waals surface area contributed by atoms with E-state index in [0.717, 1.165) is 13.0 Å². The SMILES string of the molecule is CCNc1ncc(C(=O)N(C)C2CCCCC2C)cc1Cl. The zero-order valence-corrected chi connectivity index (χ0v) is 13.8. The van der Waals surface area contributed by atoms with Crippen molar-refractivity contribution in [2.24, 2.45) is 5.92 Å². The van der Waals surface area contributed by atoms with Crippen molar-refractivity contribution in [2.75, 3.05) is 18.9 Å². The van der Waals surface area contributed by atoms with E-state index in [1.54, 1.807) is 12.3 Å². The maximum Gasteiger partial charge on any atom is 0.255 e. The molecule has 1 fully saturated rings. The van der Waals surface area contributed by atoms with Gasteiger partial charge in [0.2, 0.25) is 0 Å². The van der Waals surface area contributed by atoms with E-state index in [1.165, 1.54) is 19.3 Å². The molecule has 1 aliphatic carbocycles. The normalized spacial score (nSPS) is 21.9. The number of nitrogens with one attached hydrogen (secondary N) is 1. The number of amides is 1. The van der Waals surface area contributed by atoms with Crippen molar-refractivity contribution in [2.45, 2.75) is 45.6 Å². The van der Waals surface area contributed by atoms with Gasteiger partial charge in [-0.05, 0) is 31.7 Å². The molecule has 0 saturated heterocycles. The van der Waals surface area contributed by atoms with Crippen LogP contribution in [0.2, 0.25) is 5.02 Å². The summed E-state index contributed by atoms with van der Waals surface area (Å²) in [5.74, 6) is 1.19. The lowest BCUT2D eigenvalue weighted by molar-refractivity contribution is 0.0628. The summed E-state index contributed by atoms with van der Waals surface area (Å²) in [6, 6.07) is 2.03. The minimum absolute atomic E-state index is 0.00574. The van der Waals surface area contributed by atoms with E-state index < -0.39 is 0 Å². The number of hydrogen-bond donors (Lipinski definition) is 1. The molecule has 0 spiro atoms. The average molecular weight is 310 g/mol. The van der Waals surface area contributed by atoms with Crippen LogP contribution in [-0.4, -0.2) is 35.4 Å². The molecule has 2 unspecified atom stereocenters. The van der Waals surface area contributed by atoms with Crippen LogP contribution in [0.4, 0.5) is 5.82 Å². The number of pyridine rings is 1. The van der Waals surface area contributed by atoms with E-state index in [9.17, 15) is 4.79 Å². The molecule has 1 saturated carbocycles. The average Bonchev–Trinajstić information content (AvgIpc) is 2.48. The largest absolute Gasteiger partial charge is 0.369 e. The molecule has 0 radical (unpaired) electrons. The molecule has 116 valence electrons. The summed E-state index contributed by atoms with van der Waals surface area (Å²) in [7, 11) is 1.89. The molecular formula is C16H24ClN3O. The number of anilines is 1. The van der Waals surface area contributed by atoms with Crippen LogP contribution in [0.1, 0.15) is 49.9 Å². The van der Waals surface area contributed by atoms with Crippen molar-refractivity contribution >= 4 is 23.3 Å². The predicted molar refractivity (Wildman–Crippen MR) is 86.9 cm³/mol. The van der Waals surface area contributed by atoms with Gasteiger partial charge in [0.1, 0.15) is 5.82 Å². The summed E-state index contributed by atoms with van der Waals surface area (Å²) < 4.78 is 0. The third-order valence-electron chi connectivity index (χ3n) is 4.32. The molecule has 2 atom stereocenters. The first-order valence-corrected chi connectivity index (χ1v) is 8.09. The fourth-order valence-electron chi connectivity index (χ4n) is 3.08. The molecule has 1 aliphatic rings. The first-order valence-electron chi connectivity index (χ1n) is 7.71. The van der Waals surface area contributed by atoms with Gasteiger partial charge in [-0.15, -0.1) is 0 Å². The highest BCUT2D eigenvalue weighted by Crippen LogP contribution is 2.29. The standard InChI is InChI=1S/C16H24ClN3O/c1-4-18-15-13(17)9-12(10-19-15)16(21)20(3)14-8-6-5-7-11(14)2/h9-11,14H,4-8H2,1-3H3,(H,18,19). The molecule has 0 aliphatic heterocycles. The van der Waals surface area contributed by atoms with Crippen LogP contribution in [0.25, 0.3) is 0 Å². The van der Waals surface area contributed by atoms with Crippen molar-refractivity contribution in [3.05, 3.63) is 22.8 Å². The van der Waals surface area contributed by atoms with Gasteiger partial charge in [-0.3, -0.25) is 4.79 Å². The van der Waals surface area contributed by atoms with Crippen molar-refractivity contribution in [3.63, 3.8) is 0 Å². The molecule has 1 heterocycles. The van der Waals surface area contributed by atoms with E-state index in [0.29, 0.717) is 28.4 Å². The van der Waals surface area contributed by atoms with Crippen LogP contribution in [0, 0.1) is 5.92 Å². The summed E-state index contributed by atoms with van der Waals surface area (Å²) in [6.45, 7) is 4.96. The summed E-state index contributed by atoms with van der Waals surface area (Å²) in [5, 5.41) is 3.57. The van der Waals surface area contributed by atoms with E-state index in [1.807, 2.05) is 18.9 Å². The number of hydrogen-bond acceptors (Lipinski definition) is 3. The van der Waals surface area contributed by atoms with Crippen LogP contribution < -0.4 is 5.32 Å². The zero-order chi connectivity index (χ0) is 15.4. The Labute approximate surface area is 131 Å². The Morgan fingerprint density at radius 1 is 1.48 bits per heavy atom. The molecule has 0 aromatic carbocycles.